The van der Waals surface area contributed by atoms with Gasteiger partial charge in [0.25, 0.3) is 0 Å². The lowest BCUT2D eigenvalue weighted by molar-refractivity contribution is -0.00849. The fraction of sp³-hybridized carbons (Fsp3) is 1.00. The van der Waals surface area contributed by atoms with E-state index in [0.717, 1.165) is 19.6 Å². The molecule has 2 heteroatoms. The second-order valence-corrected chi connectivity index (χ2v) is 5.42. The second kappa shape index (κ2) is 6.41. The molecule has 14 heavy (non-hydrogen) atoms. The fourth-order valence-electron chi connectivity index (χ4n) is 1.11. The van der Waals surface area contributed by atoms with Gasteiger partial charge in [0, 0.05) is 12.6 Å². The smallest absolute Gasteiger partial charge is 0.0598 e. The Morgan fingerprint density at radius 2 is 1.71 bits per heavy atom. The van der Waals surface area contributed by atoms with Crippen molar-refractivity contribution in [1.82, 2.24) is 5.32 Å². The van der Waals surface area contributed by atoms with E-state index in [9.17, 15) is 0 Å². The average molecular weight is 201 g/mol. The van der Waals surface area contributed by atoms with Crippen molar-refractivity contribution in [3.63, 3.8) is 0 Å². The summed E-state index contributed by atoms with van der Waals surface area (Å²) in [5.41, 5.74) is 0.00516. The molecule has 0 rings (SSSR count). The van der Waals surface area contributed by atoms with Gasteiger partial charge < -0.3 is 10.1 Å². The minimum atomic E-state index is 0.00516. The van der Waals surface area contributed by atoms with E-state index in [0.29, 0.717) is 12.0 Å². The van der Waals surface area contributed by atoms with Crippen molar-refractivity contribution in [3.05, 3.63) is 0 Å². The summed E-state index contributed by atoms with van der Waals surface area (Å²) in [5, 5.41) is 3.44. The van der Waals surface area contributed by atoms with Gasteiger partial charge in [-0.2, -0.15) is 0 Å². The van der Waals surface area contributed by atoms with E-state index < -0.39 is 0 Å². The first-order chi connectivity index (χ1) is 6.31. The van der Waals surface area contributed by atoms with E-state index >= 15 is 0 Å². The Balaban J connectivity index is 3.40. The standard InChI is InChI=1S/C12H27NO/c1-10(2)13-9-11(3)7-8-14-12(4,5)6/h10-11,13H,7-9H2,1-6H3. The summed E-state index contributed by atoms with van der Waals surface area (Å²) in [6, 6.07) is 0.584. The zero-order valence-electron chi connectivity index (χ0n) is 10.7. The molecule has 0 aromatic carbocycles. The monoisotopic (exact) mass is 201 g/mol. The molecular formula is C12H27NO. The minimum absolute atomic E-state index is 0.00516. The summed E-state index contributed by atoms with van der Waals surface area (Å²) in [5.74, 6) is 0.694. The molecule has 0 aliphatic heterocycles. The molecule has 0 heterocycles. The normalized spacial score (nSPS) is 14.8. The Morgan fingerprint density at radius 1 is 1.14 bits per heavy atom. The molecule has 0 saturated heterocycles. The molecule has 1 unspecified atom stereocenters. The molecule has 1 atom stereocenters. The maximum Gasteiger partial charge on any atom is 0.0598 e. The van der Waals surface area contributed by atoms with Gasteiger partial charge in [0.15, 0.2) is 0 Å². The predicted octanol–water partition coefficient (Wildman–Crippen LogP) is 2.83. The highest BCUT2D eigenvalue weighted by atomic mass is 16.5. The largest absolute Gasteiger partial charge is 0.376 e. The lowest BCUT2D eigenvalue weighted by atomic mass is 10.1. The van der Waals surface area contributed by atoms with E-state index in [1.54, 1.807) is 0 Å². The van der Waals surface area contributed by atoms with Crippen molar-refractivity contribution in [2.45, 2.75) is 59.6 Å². The van der Waals surface area contributed by atoms with E-state index in [1.807, 2.05) is 0 Å². The summed E-state index contributed by atoms with van der Waals surface area (Å²) < 4.78 is 5.68. The van der Waals surface area contributed by atoms with E-state index in [2.05, 4.69) is 46.9 Å². The third kappa shape index (κ3) is 10.0. The van der Waals surface area contributed by atoms with Crippen LogP contribution in [0.15, 0.2) is 0 Å². The fourth-order valence-corrected chi connectivity index (χ4v) is 1.11. The number of rotatable bonds is 6. The van der Waals surface area contributed by atoms with Crippen LogP contribution in [-0.2, 0) is 4.74 Å². The first kappa shape index (κ1) is 13.9. The Labute approximate surface area is 89.4 Å². The van der Waals surface area contributed by atoms with E-state index in [1.165, 1.54) is 0 Å². The van der Waals surface area contributed by atoms with Gasteiger partial charge in [0.2, 0.25) is 0 Å². The molecule has 0 aliphatic carbocycles. The van der Waals surface area contributed by atoms with E-state index in [-0.39, 0.29) is 5.60 Å². The summed E-state index contributed by atoms with van der Waals surface area (Å²) in [7, 11) is 0. The highest BCUT2D eigenvalue weighted by molar-refractivity contribution is 4.62. The zero-order valence-corrected chi connectivity index (χ0v) is 10.7. The molecule has 0 fully saturated rings. The van der Waals surface area contributed by atoms with Gasteiger partial charge >= 0.3 is 0 Å². The molecule has 1 N–H and O–H groups in total. The van der Waals surface area contributed by atoms with Gasteiger partial charge in [-0.15, -0.1) is 0 Å². The Morgan fingerprint density at radius 3 is 2.14 bits per heavy atom. The number of hydrogen-bond acceptors (Lipinski definition) is 2. The van der Waals surface area contributed by atoms with Gasteiger partial charge in [-0.3, -0.25) is 0 Å². The van der Waals surface area contributed by atoms with Crippen molar-refractivity contribution in [3.8, 4) is 0 Å². The van der Waals surface area contributed by atoms with Gasteiger partial charge in [-0.25, -0.2) is 0 Å². The van der Waals surface area contributed by atoms with Crippen molar-refractivity contribution in [2.75, 3.05) is 13.2 Å². The Bertz CT molecular complexity index is 138. The summed E-state index contributed by atoms with van der Waals surface area (Å²) in [4.78, 5) is 0. The molecule has 0 radical (unpaired) electrons. The molecule has 0 amide bonds. The molecule has 0 aliphatic rings. The number of ether oxygens (including phenoxy) is 1. The topological polar surface area (TPSA) is 21.3 Å². The SMILES string of the molecule is CC(CCOC(C)(C)C)CNC(C)C. The van der Waals surface area contributed by atoms with Gasteiger partial charge in [-0.05, 0) is 39.7 Å². The average Bonchev–Trinajstić information content (AvgIpc) is 1.98. The molecule has 0 bridgehead atoms. The molecular weight excluding hydrogens is 174 g/mol. The first-order valence-corrected chi connectivity index (χ1v) is 5.68. The number of hydrogen-bond donors (Lipinski definition) is 1. The molecule has 2 nitrogen and oxygen atoms in total. The van der Waals surface area contributed by atoms with Crippen LogP contribution in [0.5, 0.6) is 0 Å². The molecule has 86 valence electrons. The van der Waals surface area contributed by atoms with Crippen LogP contribution in [0.1, 0.15) is 48.0 Å². The third-order valence-corrected chi connectivity index (χ3v) is 2.02. The zero-order chi connectivity index (χ0) is 11.2. The molecule has 0 saturated carbocycles. The predicted molar refractivity (Wildman–Crippen MR) is 62.6 cm³/mol. The maximum absolute atomic E-state index is 5.68. The van der Waals surface area contributed by atoms with Crippen molar-refractivity contribution in [1.29, 1.82) is 0 Å². The summed E-state index contributed by atoms with van der Waals surface area (Å²) >= 11 is 0. The minimum Gasteiger partial charge on any atom is -0.376 e. The third-order valence-electron chi connectivity index (χ3n) is 2.02. The van der Waals surface area contributed by atoms with Crippen LogP contribution in [0, 0.1) is 5.92 Å². The second-order valence-electron chi connectivity index (χ2n) is 5.42. The van der Waals surface area contributed by atoms with Crippen LogP contribution >= 0.6 is 0 Å². The van der Waals surface area contributed by atoms with Crippen molar-refractivity contribution in [2.24, 2.45) is 5.92 Å². The van der Waals surface area contributed by atoms with Crippen LogP contribution < -0.4 is 5.32 Å². The van der Waals surface area contributed by atoms with Crippen LogP contribution in [-0.4, -0.2) is 24.8 Å². The quantitative estimate of drug-likeness (QED) is 0.713. The van der Waals surface area contributed by atoms with E-state index in [4.69, 9.17) is 4.74 Å². The highest BCUT2D eigenvalue weighted by Gasteiger charge is 2.10. The van der Waals surface area contributed by atoms with Crippen molar-refractivity contribution < 1.29 is 4.74 Å². The molecule has 0 aromatic heterocycles. The van der Waals surface area contributed by atoms with Crippen LogP contribution in [0.25, 0.3) is 0 Å². The maximum atomic E-state index is 5.68. The Hall–Kier alpha value is -0.0800. The van der Waals surface area contributed by atoms with Gasteiger partial charge in [0.1, 0.15) is 0 Å². The van der Waals surface area contributed by atoms with Crippen LogP contribution in [0.2, 0.25) is 0 Å². The van der Waals surface area contributed by atoms with Crippen LogP contribution in [0.4, 0.5) is 0 Å². The lowest BCUT2D eigenvalue weighted by Crippen LogP contribution is -2.29. The number of nitrogens with one attached hydrogen (secondary N) is 1. The summed E-state index contributed by atoms with van der Waals surface area (Å²) in [6.45, 7) is 14.9. The van der Waals surface area contributed by atoms with Gasteiger partial charge in [0.05, 0.1) is 5.60 Å². The van der Waals surface area contributed by atoms with Crippen molar-refractivity contribution >= 4 is 0 Å². The molecule has 0 spiro atoms. The highest BCUT2D eigenvalue weighted by Crippen LogP contribution is 2.09. The summed E-state index contributed by atoms with van der Waals surface area (Å²) in [6.07, 6.45) is 1.14. The van der Waals surface area contributed by atoms with Crippen LogP contribution in [0.3, 0.4) is 0 Å². The molecule has 0 aromatic rings. The first-order valence-electron chi connectivity index (χ1n) is 5.68. The Kier molecular flexibility index (Phi) is 6.38. The lowest BCUT2D eigenvalue weighted by Gasteiger charge is -2.21. The van der Waals surface area contributed by atoms with Gasteiger partial charge in [-0.1, -0.05) is 20.8 Å².